The second-order valence-corrected chi connectivity index (χ2v) is 3.39. The summed E-state index contributed by atoms with van der Waals surface area (Å²) in [7, 11) is 0. The minimum Gasteiger partial charge on any atom is -0.356 e. The van der Waals surface area contributed by atoms with Gasteiger partial charge >= 0.3 is 0 Å². The van der Waals surface area contributed by atoms with Crippen LogP contribution in [0.3, 0.4) is 0 Å². The first-order valence-electron chi connectivity index (χ1n) is 5.02. The molecule has 0 fully saturated rings. The fraction of sp³-hybridized carbons (Fsp3) is 0.167. The molecule has 16 heavy (non-hydrogen) atoms. The Morgan fingerprint density at radius 2 is 2.31 bits per heavy atom. The maximum absolute atomic E-state index is 11.5. The van der Waals surface area contributed by atoms with Gasteiger partial charge in [-0.3, -0.25) is 4.79 Å². The van der Waals surface area contributed by atoms with E-state index in [1.807, 2.05) is 24.3 Å². The number of fused-ring (bicyclic) bond motifs is 1. The van der Waals surface area contributed by atoms with E-state index in [1.165, 1.54) is 0 Å². The maximum atomic E-state index is 11.5. The van der Waals surface area contributed by atoms with Crippen LogP contribution in [0.4, 0.5) is 0 Å². The van der Waals surface area contributed by atoms with E-state index in [0.717, 1.165) is 5.39 Å². The van der Waals surface area contributed by atoms with Gasteiger partial charge in [0.25, 0.3) is 0 Å². The van der Waals surface area contributed by atoms with Crippen LogP contribution in [-0.4, -0.2) is 17.6 Å². The molecule has 82 valence electrons. The summed E-state index contributed by atoms with van der Waals surface area (Å²) in [4.78, 5) is 11.5. The van der Waals surface area contributed by atoms with E-state index in [1.54, 1.807) is 6.08 Å². The molecule has 0 saturated carbocycles. The number of hydrogen-bond donors (Lipinski definition) is 1. The van der Waals surface area contributed by atoms with Crippen molar-refractivity contribution in [3.8, 4) is 0 Å². The lowest BCUT2D eigenvalue weighted by atomic mass is 10.1. The average Bonchev–Trinajstić information content (AvgIpc) is 2.70. The summed E-state index contributed by atoms with van der Waals surface area (Å²) in [6, 6.07) is 7.48. The Bertz CT molecular complexity index is 516. The van der Waals surface area contributed by atoms with E-state index in [-0.39, 0.29) is 12.3 Å². The third kappa shape index (κ3) is 2.11. The van der Waals surface area contributed by atoms with Crippen molar-refractivity contribution in [3.05, 3.63) is 42.6 Å². The topological polar surface area (TPSA) is 55.1 Å². The predicted molar refractivity (Wildman–Crippen MR) is 60.9 cm³/mol. The molecule has 0 bridgehead atoms. The Morgan fingerprint density at radius 3 is 3.12 bits per heavy atom. The minimum atomic E-state index is -0.0843. The Balaban J connectivity index is 2.15. The van der Waals surface area contributed by atoms with Crippen molar-refractivity contribution in [2.75, 3.05) is 6.54 Å². The zero-order valence-corrected chi connectivity index (χ0v) is 8.77. The van der Waals surface area contributed by atoms with Crippen LogP contribution in [-0.2, 0) is 11.2 Å². The predicted octanol–water partition coefficient (Wildman–Crippen LogP) is 1.67. The zero-order valence-electron chi connectivity index (χ0n) is 8.77. The smallest absolute Gasteiger partial charge is 0.226 e. The number of aromatic nitrogens is 1. The fourth-order valence-electron chi connectivity index (χ4n) is 1.47. The van der Waals surface area contributed by atoms with Crippen LogP contribution in [0.25, 0.3) is 11.0 Å². The Hall–Kier alpha value is -2.10. The van der Waals surface area contributed by atoms with Crippen molar-refractivity contribution in [1.82, 2.24) is 10.5 Å². The second-order valence-electron chi connectivity index (χ2n) is 3.39. The maximum Gasteiger partial charge on any atom is 0.226 e. The Morgan fingerprint density at radius 1 is 1.50 bits per heavy atom. The molecule has 4 heteroatoms. The molecule has 1 aromatic heterocycles. The SMILES string of the molecule is C=CCNC(=O)Cc1noc2ccccc12. The summed E-state index contributed by atoms with van der Waals surface area (Å²) in [6.07, 6.45) is 1.86. The molecule has 2 aromatic rings. The number of nitrogens with one attached hydrogen (secondary N) is 1. The monoisotopic (exact) mass is 216 g/mol. The summed E-state index contributed by atoms with van der Waals surface area (Å²) in [6.45, 7) is 4.00. The highest BCUT2D eigenvalue weighted by Gasteiger charge is 2.10. The van der Waals surface area contributed by atoms with Crippen LogP contribution in [0.15, 0.2) is 41.4 Å². The van der Waals surface area contributed by atoms with E-state index in [0.29, 0.717) is 17.8 Å². The van der Waals surface area contributed by atoms with Gasteiger partial charge in [-0.25, -0.2) is 0 Å². The quantitative estimate of drug-likeness (QED) is 0.791. The van der Waals surface area contributed by atoms with Crippen LogP contribution in [0.1, 0.15) is 5.69 Å². The standard InChI is InChI=1S/C12H12N2O2/c1-2-7-13-12(15)8-10-9-5-3-4-6-11(9)16-14-10/h2-6H,1,7-8H2,(H,13,15). The molecular formula is C12H12N2O2. The number of amides is 1. The highest BCUT2D eigenvalue weighted by molar-refractivity contribution is 5.86. The minimum absolute atomic E-state index is 0.0843. The van der Waals surface area contributed by atoms with Gasteiger partial charge < -0.3 is 9.84 Å². The van der Waals surface area contributed by atoms with E-state index >= 15 is 0 Å². The number of carbonyl (C=O) groups excluding carboxylic acids is 1. The van der Waals surface area contributed by atoms with Gasteiger partial charge in [-0.15, -0.1) is 6.58 Å². The van der Waals surface area contributed by atoms with E-state index in [9.17, 15) is 4.79 Å². The number of benzene rings is 1. The molecule has 1 heterocycles. The molecule has 4 nitrogen and oxygen atoms in total. The van der Waals surface area contributed by atoms with Gasteiger partial charge in [-0.05, 0) is 12.1 Å². The normalized spacial score (nSPS) is 10.2. The molecule has 0 atom stereocenters. The third-order valence-corrected chi connectivity index (χ3v) is 2.22. The highest BCUT2D eigenvalue weighted by atomic mass is 16.5. The number of nitrogens with zero attached hydrogens (tertiary/aromatic N) is 1. The number of carbonyl (C=O) groups is 1. The van der Waals surface area contributed by atoms with Crippen LogP contribution in [0.5, 0.6) is 0 Å². The molecule has 1 N–H and O–H groups in total. The molecule has 2 rings (SSSR count). The molecule has 0 aliphatic carbocycles. The first kappa shape index (κ1) is 10.4. The van der Waals surface area contributed by atoms with Crippen molar-refractivity contribution in [3.63, 3.8) is 0 Å². The lowest BCUT2D eigenvalue weighted by Crippen LogP contribution is -2.25. The van der Waals surface area contributed by atoms with Gasteiger partial charge in [0.2, 0.25) is 5.91 Å². The molecular weight excluding hydrogens is 204 g/mol. The largest absolute Gasteiger partial charge is 0.356 e. The van der Waals surface area contributed by atoms with E-state index in [2.05, 4.69) is 17.1 Å². The third-order valence-electron chi connectivity index (χ3n) is 2.22. The highest BCUT2D eigenvalue weighted by Crippen LogP contribution is 2.17. The molecule has 0 radical (unpaired) electrons. The molecule has 0 unspecified atom stereocenters. The van der Waals surface area contributed by atoms with Gasteiger partial charge in [-0.2, -0.15) is 0 Å². The van der Waals surface area contributed by atoms with E-state index < -0.39 is 0 Å². The zero-order chi connectivity index (χ0) is 11.4. The second kappa shape index (κ2) is 4.61. The van der Waals surface area contributed by atoms with Crippen molar-refractivity contribution >= 4 is 16.9 Å². The summed E-state index contributed by atoms with van der Waals surface area (Å²) in [5.74, 6) is -0.0843. The molecule has 1 amide bonds. The lowest BCUT2D eigenvalue weighted by molar-refractivity contribution is -0.120. The molecule has 0 saturated heterocycles. The summed E-state index contributed by atoms with van der Waals surface area (Å²) in [5, 5.41) is 7.46. The van der Waals surface area contributed by atoms with Crippen molar-refractivity contribution in [1.29, 1.82) is 0 Å². The van der Waals surface area contributed by atoms with Crippen LogP contribution < -0.4 is 5.32 Å². The number of para-hydroxylation sites is 1. The van der Waals surface area contributed by atoms with Gasteiger partial charge in [0.15, 0.2) is 5.58 Å². The number of hydrogen-bond acceptors (Lipinski definition) is 3. The summed E-state index contributed by atoms with van der Waals surface area (Å²) in [5.41, 5.74) is 1.37. The van der Waals surface area contributed by atoms with Crippen molar-refractivity contribution in [2.24, 2.45) is 0 Å². The first-order valence-corrected chi connectivity index (χ1v) is 5.02. The molecule has 1 aromatic carbocycles. The fourth-order valence-corrected chi connectivity index (χ4v) is 1.47. The Labute approximate surface area is 92.9 Å². The molecule has 0 aliphatic rings. The molecule has 0 aliphatic heterocycles. The number of rotatable bonds is 4. The summed E-state index contributed by atoms with van der Waals surface area (Å²) < 4.78 is 5.10. The van der Waals surface area contributed by atoms with Crippen LogP contribution >= 0.6 is 0 Å². The molecule has 0 spiro atoms. The van der Waals surface area contributed by atoms with Crippen molar-refractivity contribution in [2.45, 2.75) is 6.42 Å². The Kier molecular flexibility index (Phi) is 3.00. The van der Waals surface area contributed by atoms with Gasteiger partial charge in [-0.1, -0.05) is 23.4 Å². The average molecular weight is 216 g/mol. The van der Waals surface area contributed by atoms with Gasteiger partial charge in [0.05, 0.1) is 6.42 Å². The van der Waals surface area contributed by atoms with Gasteiger partial charge in [0.1, 0.15) is 5.69 Å². The van der Waals surface area contributed by atoms with Gasteiger partial charge in [0, 0.05) is 11.9 Å². The first-order chi connectivity index (χ1) is 7.81. The van der Waals surface area contributed by atoms with Crippen LogP contribution in [0.2, 0.25) is 0 Å². The lowest BCUT2D eigenvalue weighted by Gasteiger charge is -1.98. The van der Waals surface area contributed by atoms with Crippen molar-refractivity contribution < 1.29 is 9.32 Å². The van der Waals surface area contributed by atoms with Crippen LogP contribution in [0, 0.1) is 0 Å². The van der Waals surface area contributed by atoms with E-state index in [4.69, 9.17) is 4.52 Å². The summed E-state index contributed by atoms with van der Waals surface area (Å²) >= 11 is 0.